The Morgan fingerprint density at radius 1 is 0.318 bits per heavy atom. The highest BCUT2D eigenvalue weighted by Crippen LogP contribution is 2.42. The maximum absolute atomic E-state index is 7.79. The number of hydrogen-bond donors (Lipinski definition) is 0. The van der Waals surface area contributed by atoms with Crippen LogP contribution in [0, 0.1) is 13.1 Å². The second-order valence-electron chi connectivity index (χ2n) is 16.2. The molecule has 66 heavy (non-hydrogen) atoms. The number of aromatic nitrogens is 5. The smallest absolute Gasteiger partial charge is 0.195 e. The minimum atomic E-state index is 0.335. The van der Waals surface area contributed by atoms with Gasteiger partial charge in [0.2, 0.25) is 0 Å². The summed E-state index contributed by atoms with van der Waals surface area (Å²) < 4.78 is 4.64. The minimum absolute atomic E-state index is 0.335. The number of para-hydroxylation sites is 3. The Kier molecular flexibility index (Phi) is 9.12. The predicted octanol–water partition coefficient (Wildman–Crippen LogP) is 15.5. The van der Waals surface area contributed by atoms with Crippen molar-refractivity contribution in [2.75, 3.05) is 0 Å². The third-order valence-electron chi connectivity index (χ3n) is 12.4. The zero-order valence-corrected chi connectivity index (χ0v) is 35.3. The molecule has 0 atom stereocenters. The van der Waals surface area contributed by atoms with Crippen LogP contribution in [-0.4, -0.2) is 24.1 Å². The van der Waals surface area contributed by atoms with Gasteiger partial charge in [-0.05, 0) is 76.9 Å². The fourth-order valence-electron chi connectivity index (χ4n) is 9.32. The van der Waals surface area contributed by atoms with E-state index in [4.69, 9.17) is 28.1 Å². The Balaban J connectivity index is 1.13. The molecule has 12 aromatic rings. The highest BCUT2D eigenvalue weighted by molar-refractivity contribution is 6.12. The van der Waals surface area contributed by atoms with Crippen molar-refractivity contribution in [2.24, 2.45) is 0 Å². The summed E-state index contributed by atoms with van der Waals surface area (Å²) in [5.74, 6) is 1.70. The zero-order chi connectivity index (χ0) is 44.1. The molecule has 0 amide bonds. The molecule has 0 fully saturated rings. The molecule has 3 heterocycles. The van der Waals surface area contributed by atoms with Crippen LogP contribution in [0.2, 0.25) is 0 Å². The van der Waals surface area contributed by atoms with Crippen molar-refractivity contribution < 1.29 is 0 Å². The van der Waals surface area contributed by atoms with Gasteiger partial charge in [-0.15, -0.1) is 0 Å². The van der Waals surface area contributed by atoms with Crippen LogP contribution < -0.4 is 0 Å². The Morgan fingerprint density at radius 2 is 0.803 bits per heavy atom. The summed E-state index contributed by atoms with van der Waals surface area (Å²) in [6.45, 7) is 15.4. The van der Waals surface area contributed by atoms with E-state index in [1.807, 2.05) is 72.8 Å². The van der Waals surface area contributed by atoms with Crippen molar-refractivity contribution >= 4 is 55.0 Å². The van der Waals surface area contributed by atoms with E-state index in [2.05, 4.69) is 152 Å². The number of fused-ring (bicyclic) bond motifs is 6. The standard InChI is InChI=1S/C59H35N7/c1-60-50-31-27-42(36-51(50)61-2)43-26-30-47-45-22-12-15-25-53(45)66(56(47)37-43)55-33-29-41(40-28-32-54-48(34-40)46-23-13-14-24-52(46)65(54)44-20-10-5-11-21-44)35-49(55)59-63-57(38-16-6-3-7-17-38)62-58(64-59)39-18-8-4-9-19-39/h3-37H. The third kappa shape index (κ3) is 6.39. The quantitative estimate of drug-likeness (QED) is 0.150. The first-order valence-electron chi connectivity index (χ1n) is 21.7. The van der Waals surface area contributed by atoms with Crippen LogP contribution in [0.1, 0.15) is 0 Å². The maximum Gasteiger partial charge on any atom is 0.195 e. The van der Waals surface area contributed by atoms with E-state index in [-0.39, 0.29) is 0 Å². The van der Waals surface area contributed by atoms with Gasteiger partial charge in [0.05, 0.1) is 40.9 Å². The Morgan fingerprint density at radius 3 is 1.48 bits per heavy atom. The topological polar surface area (TPSA) is 57.2 Å². The van der Waals surface area contributed by atoms with Crippen LogP contribution >= 0.6 is 0 Å². The van der Waals surface area contributed by atoms with E-state index in [9.17, 15) is 0 Å². The van der Waals surface area contributed by atoms with Crippen molar-refractivity contribution in [1.29, 1.82) is 0 Å². The lowest BCUT2D eigenvalue weighted by atomic mass is 9.99. The van der Waals surface area contributed by atoms with Gasteiger partial charge >= 0.3 is 0 Å². The van der Waals surface area contributed by atoms with Crippen molar-refractivity contribution in [3.63, 3.8) is 0 Å². The van der Waals surface area contributed by atoms with E-state index >= 15 is 0 Å². The molecule has 7 nitrogen and oxygen atoms in total. The molecule has 0 saturated carbocycles. The van der Waals surface area contributed by atoms with Gasteiger partial charge in [-0.2, -0.15) is 0 Å². The van der Waals surface area contributed by atoms with Crippen LogP contribution in [0.3, 0.4) is 0 Å². The molecule has 7 heteroatoms. The fraction of sp³-hybridized carbons (Fsp3) is 0. The first-order valence-corrected chi connectivity index (χ1v) is 21.7. The summed E-state index contributed by atoms with van der Waals surface area (Å²) in [5, 5.41) is 4.53. The van der Waals surface area contributed by atoms with Gasteiger partial charge in [0.15, 0.2) is 28.8 Å². The molecule has 0 N–H and O–H groups in total. The average molecular weight is 842 g/mol. The molecular formula is C59H35N7. The average Bonchev–Trinajstić information content (AvgIpc) is 3.91. The summed E-state index contributed by atoms with van der Waals surface area (Å²) >= 11 is 0. The second kappa shape index (κ2) is 15.7. The van der Waals surface area contributed by atoms with Gasteiger partial charge in [0.25, 0.3) is 0 Å². The molecule has 0 aliphatic heterocycles. The molecular weight excluding hydrogens is 807 g/mol. The minimum Gasteiger partial charge on any atom is -0.309 e. The van der Waals surface area contributed by atoms with Crippen LogP contribution in [-0.2, 0) is 0 Å². The van der Waals surface area contributed by atoms with E-state index in [1.165, 1.54) is 5.39 Å². The van der Waals surface area contributed by atoms with Gasteiger partial charge in [0.1, 0.15) is 0 Å². The molecule has 0 aliphatic rings. The van der Waals surface area contributed by atoms with Gasteiger partial charge in [0, 0.05) is 43.9 Å². The zero-order valence-electron chi connectivity index (χ0n) is 35.3. The van der Waals surface area contributed by atoms with Crippen LogP contribution in [0.5, 0.6) is 0 Å². The van der Waals surface area contributed by atoms with Crippen molar-refractivity contribution in [3.8, 4) is 67.8 Å². The Hall–Kier alpha value is -9.43. The monoisotopic (exact) mass is 841 g/mol. The van der Waals surface area contributed by atoms with E-state index < -0.39 is 0 Å². The van der Waals surface area contributed by atoms with Crippen LogP contribution in [0.4, 0.5) is 11.4 Å². The molecule has 0 saturated heterocycles. The lowest BCUT2D eigenvalue weighted by molar-refractivity contribution is 1.06. The van der Waals surface area contributed by atoms with Crippen molar-refractivity contribution in [1.82, 2.24) is 24.1 Å². The molecule has 0 radical (unpaired) electrons. The maximum atomic E-state index is 7.79. The molecule has 0 unspecified atom stereocenters. The summed E-state index contributed by atoms with van der Waals surface area (Å²) in [4.78, 5) is 22.9. The SMILES string of the molecule is [C-]#[N+]c1ccc(-c2ccc3c4ccccc4n(-c4ccc(-c5ccc6c(c5)c5ccccc5n6-c5ccccc5)cc4-c4nc(-c5ccccc5)nc(-c5ccccc5)n4)c3c2)cc1[N+]#[C-]. The number of nitrogens with zero attached hydrogens (tertiary/aromatic N) is 7. The number of hydrogen-bond acceptors (Lipinski definition) is 3. The number of benzene rings is 9. The van der Waals surface area contributed by atoms with Crippen molar-refractivity contribution in [2.45, 2.75) is 0 Å². The van der Waals surface area contributed by atoms with E-state index in [1.54, 1.807) is 6.07 Å². The first-order chi connectivity index (χ1) is 32.6. The molecule has 306 valence electrons. The lowest BCUT2D eigenvalue weighted by Crippen LogP contribution is -2.04. The predicted molar refractivity (Wildman–Crippen MR) is 268 cm³/mol. The largest absolute Gasteiger partial charge is 0.309 e. The Labute approximate surface area is 380 Å². The third-order valence-corrected chi connectivity index (χ3v) is 12.4. The molecule has 9 aromatic carbocycles. The van der Waals surface area contributed by atoms with Crippen LogP contribution in [0.15, 0.2) is 212 Å². The van der Waals surface area contributed by atoms with Gasteiger partial charge in [-0.25, -0.2) is 15.0 Å². The lowest BCUT2D eigenvalue weighted by Gasteiger charge is -2.17. The molecule has 0 aliphatic carbocycles. The fourth-order valence-corrected chi connectivity index (χ4v) is 9.32. The van der Waals surface area contributed by atoms with Crippen LogP contribution in [0.25, 0.3) is 121 Å². The van der Waals surface area contributed by atoms with Gasteiger partial charge < -0.3 is 9.13 Å². The highest BCUT2D eigenvalue weighted by atomic mass is 15.1. The summed E-state index contributed by atoms with van der Waals surface area (Å²) in [6.07, 6.45) is 0. The second-order valence-corrected chi connectivity index (χ2v) is 16.2. The first kappa shape index (κ1) is 38.3. The van der Waals surface area contributed by atoms with E-state index in [0.717, 1.165) is 88.5 Å². The summed E-state index contributed by atoms with van der Waals surface area (Å²) in [6, 6.07) is 73.0. The molecule has 0 bridgehead atoms. The van der Waals surface area contributed by atoms with Gasteiger partial charge in [-0.3, -0.25) is 9.69 Å². The molecule has 3 aromatic heterocycles. The summed E-state index contributed by atoms with van der Waals surface area (Å²) in [7, 11) is 0. The van der Waals surface area contributed by atoms with Gasteiger partial charge in [-0.1, -0.05) is 158 Å². The normalized spacial score (nSPS) is 11.3. The van der Waals surface area contributed by atoms with E-state index in [0.29, 0.717) is 28.8 Å². The number of rotatable bonds is 7. The Bertz CT molecular complexity index is 3890. The summed E-state index contributed by atoms with van der Waals surface area (Å²) in [5.41, 5.74) is 13.5. The highest BCUT2D eigenvalue weighted by Gasteiger charge is 2.22. The molecule has 12 rings (SSSR count). The van der Waals surface area contributed by atoms with Crippen molar-refractivity contribution in [3.05, 3.63) is 235 Å². The molecule has 0 spiro atoms.